The number of benzene rings is 1. The first-order valence-corrected chi connectivity index (χ1v) is 12.4. The largest absolute Gasteiger partial charge is 0.465 e. The van der Waals surface area contributed by atoms with Gasteiger partial charge in [-0.3, -0.25) is 9.88 Å². The van der Waals surface area contributed by atoms with Gasteiger partial charge in [0.15, 0.2) is 0 Å². The average molecular weight is 466 g/mol. The van der Waals surface area contributed by atoms with Crippen LogP contribution in [0.4, 0.5) is 10.5 Å². The van der Waals surface area contributed by atoms with E-state index in [2.05, 4.69) is 17.0 Å². The Bertz CT molecular complexity index is 1050. The van der Waals surface area contributed by atoms with Crippen LogP contribution in [0.25, 0.3) is 11.3 Å². The highest BCUT2D eigenvalue weighted by Crippen LogP contribution is 2.45. The SMILES string of the molecule is CCN(C(=O)O)C1C[C@H](C)[N@+](C)(C(C)=O)c2ccc(-c3ccc(CN4CCCCC4)cn3)cc21. The van der Waals surface area contributed by atoms with Gasteiger partial charge in [0, 0.05) is 42.9 Å². The normalized spacial score (nSPS) is 24.9. The summed E-state index contributed by atoms with van der Waals surface area (Å²) in [5.74, 6) is 0.0542. The summed E-state index contributed by atoms with van der Waals surface area (Å²) in [4.78, 5) is 33.5. The van der Waals surface area contributed by atoms with Gasteiger partial charge >= 0.3 is 12.0 Å². The molecule has 0 saturated carbocycles. The van der Waals surface area contributed by atoms with Gasteiger partial charge in [-0.05, 0) is 63.5 Å². The summed E-state index contributed by atoms with van der Waals surface area (Å²) < 4.78 is 0.172. The third kappa shape index (κ3) is 4.46. The Kier molecular flexibility index (Phi) is 7.05. The van der Waals surface area contributed by atoms with Crippen molar-refractivity contribution in [3.63, 3.8) is 0 Å². The van der Waals surface area contributed by atoms with Crippen molar-refractivity contribution in [3.05, 3.63) is 47.7 Å². The molecule has 1 fully saturated rings. The fourth-order valence-electron chi connectivity index (χ4n) is 5.63. The lowest BCUT2D eigenvalue weighted by atomic mass is 9.87. The van der Waals surface area contributed by atoms with E-state index in [9.17, 15) is 14.7 Å². The van der Waals surface area contributed by atoms with Crippen LogP contribution in [0.15, 0.2) is 36.5 Å². The van der Waals surface area contributed by atoms with Gasteiger partial charge in [-0.15, -0.1) is 0 Å². The third-order valence-electron chi connectivity index (χ3n) is 7.93. The van der Waals surface area contributed by atoms with Crippen LogP contribution in [-0.2, 0) is 11.3 Å². The topological polar surface area (TPSA) is 73.7 Å². The zero-order valence-corrected chi connectivity index (χ0v) is 20.8. The van der Waals surface area contributed by atoms with Crippen molar-refractivity contribution >= 4 is 17.7 Å². The summed E-state index contributed by atoms with van der Waals surface area (Å²) in [6.45, 7) is 9.13. The first kappa shape index (κ1) is 24.4. The fourth-order valence-corrected chi connectivity index (χ4v) is 5.63. The lowest BCUT2D eigenvalue weighted by Crippen LogP contribution is -2.60. The van der Waals surface area contributed by atoms with Crippen LogP contribution < -0.4 is 4.48 Å². The summed E-state index contributed by atoms with van der Waals surface area (Å²) in [7, 11) is 1.94. The zero-order chi connectivity index (χ0) is 24.5. The van der Waals surface area contributed by atoms with Gasteiger partial charge in [0.05, 0.1) is 31.7 Å². The molecule has 7 heteroatoms. The molecule has 1 N–H and O–H groups in total. The smallest absolute Gasteiger partial charge is 0.407 e. The van der Waals surface area contributed by atoms with E-state index < -0.39 is 6.09 Å². The van der Waals surface area contributed by atoms with Gasteiger partial charge in [-0.1, -0.05) is 12.5 Å². The van der Waals surface area contributed by atoms with Crippen LogP contribution in [0.1, 0.15) is 63.6 Å². The maximum Gasteiger partial charge on any atom is 0.407 e. The number of aromatic nitrogens is 1. The van der Waals surface area contributed by atoms with Crippen molar-refractivity contribution in [2.75, 3.05) is 26.7 Å². The molecule has 2 aromatic rings. The van der Waals surface area contributed by atoms with E-state index in [1.807, 2.05) is 45.3 Å². The maximum atomic E-state index is 12.8. The van der Waals surface area contributed by atoms with Crippen LogP contribution in [-0.4, -0.2) is 64.6 Å². The number of hydrogen-bond donors (Lipinski definition) is 1. The molecule has 0 radical (unpaired) electrons. The number of carboxylic acid groups (broad SMARTS) is 1. The number of carbonyl (C=O) groups is 2. The Morgan fingerprint density at radius 2 is 1.91 bits per heavy atom. The maximum absolute atomic E-state index is 12.8. The Morgan fingerprint density at radius 3 is 2.50 bits per heavy atom. The quantitative estimate of drug-likeness (QED) is 0.626. The molecule has 1 saturated heterocycles. The zero-order valence-electron chi connectivity index (χ0n) is 20.8. The Morgan fingerprint density at radius 1 is 1.18 bits per heavy atom. The second-order valence-corrected chi connectivity index (χ2v) is 9.93. The van der Waals surface area contributed by atoms with E-state index in [1.54, 1.807) is 6.92 Å². The van der Waals surface area contributed by atoms with Gasteiger partial charge < -0.3 is 10.0 Å². The molecule has 3 atom stereocenters. The van der Waals surface area contributed by atoms with Crippen LogP contribution in [0.3, 0.4) is 0 Å². The second-order valence-electron chi connectivity index (χ2n) is 9.93. The van der Waals surface area contributed by atoms with Crippen molar-refractivity contribution in [1.29, 1.82) is 0 Å². The molecule has 0 spiro atoms. The van der Waals surface area contributed by atoms with Crippen molar-refractivity contribution < 1.29 is 14.7 Å². The minimum absolute atomic E-state index is 0.0264. The molecule has 2 aliphatic heterocycles. The second kappa shape index (κ2) is 9.84. The van der Waals surface area contributed by atoms with Crippen LogP contribution in [0.2, 0.25) is 0 Å². The molecule has 2 aliphatic rings. The van der Waals surface area contributed by atoms with Gasteiger partial charge in [-0.2, -0.15) is 0 Å². The molecule has 1 unspecified atom stereocenters. The Balaban J connectivity index is 1.69. The van der Waals surface area contributed by atoms with Crippen LogP contribution in [0, 0.1) is 0 Å². The molecular formula is C27H37N4O3+. The molecule has 2 amide bonds. The number of pyridine rings is 1. The standard InChI is InChI=1S/C27H36N4O3/c1-5-30(27(33)34)25-15-19(2)31(4,20(3)32)26-12-10-22(16-23(25)26)24-11-9-21(17-28-24)18-29-13-7-6-8-14-29/h9-12,16-17,19,25H,5-8,13-15,18H2,1-4H3/p+1/t19-,25?,31+/m0/s1. The third-order valence-corrected chi connectivity index (χ3v) is 7.93. The highest BCUT2D eigenvalue weighted by Gasteiger charge is 2.47. The minimum atomic E-state index is -0.935. The number of piperidine rings is 1. The summed E-state index contributed by atoms with van der Waals surface area (Å²) in [6.07, 6.45) is 5.47. The number of amides is 2. The molecular weight excluding hydrogens is 428 g/mol. The van der Waals surface area contributed by atoms with E-state index in [1.165, 1.54) is 29.7 Å². The molecule has 34 heavy (non-hydrogen) atoms. The number of hydrogen-bond acceptors (Lipinski definition) is 4. The number of rotatable bonds is 5. The summed E-state index contributed by atoms with van der Waals surface area (Å²) in [5, 5.41) is 9.87. The number of carbonyl (C=O) groups excluding carboxylic acids is 1. The van der Waals surface area contributed by atoms with E-state index in [-0.39, 0.29) is 22.5 Å². The summed E-state index contributed by atoms with van der Waals surface area (Å²) in [5.41, 5.74) is 4.79. The predicted octanol–water partition coefficient (Wildman–Crippen LogP) is 5.05. The molecule has 182 valence electrons. The van der Waals surface area contributed by atoms with Gasteiger partial charge in [0.25, 0.3) is 0 Å². The molecule has 0 bridgehead atoms. The summed E-state index contributed by atoms with van der Waals surface area (Å²) in [6, 6.07) is 9.92. The van der Waals surface area contributed by atoms with Gasteiger partial charge in [0.1, 0.15) is 5.69 Å². The molecule has 0 aliphatic carbocycles. The first-order valence-electron chi connectivity index (χ1n) is 12.4. The highest BCUT2D eigenvalue weighted by atomic mass is 16.4. The average Bonchev–Trinajstić information content (AvgIpc) is 2.83. The molecule has 3 heterocycles. The molecule has 7 nitrogen and oxygen atoms in total. The molecule has 1 aromatic carbocycles. The first-order chi connectivity index (χ1) is 16.3. The van der Waals surface area contributed by atoms with Gasteiger partial charge in [-0.25, -0.2) is 14.1 Å². The minimum Gasteiger partial charge on any atom is -0.465 e. The van der Waals surface area contributed by atoms with Crippen molar-refractivity contribution in [2.45, 2.75) is 65.1 Å². The fraction of sp³-hybridized carbons (Fsp3) is 0.519. The van der Waals surface area contributed by atoms with E-state index in [0.29, 0.717) is 13.0 Å². The lowest BCUT2D eigenvalue weighted by Gasteiger charge is -2.45. The lowest BCUT2D eigenvalue weighted by molar-refractivity contribution is -0.129. The van der Waals surface area contributed by atoms with E-state index in [0.717, 1.165) is 42.1 Å². The monoisotopic (exact) mass is 465 g/mol. The van der Waals surface area contributed by atoms with Crippen LogP contribution in [0.5, 0.6) is 0 Å². The van der Waals surface area contributed by atoms with Gasteiger partial charge in [0.2, 0.25) is 0 Å². The number of likely N-dealkylation sites (tertiary alicyclic amines) is 1. The van der Waals surface area contributed by atoms with Crippen molar-refractivity contribution in [1.82, 2.24) is 19.3 Å². The number of fused-ring (bicyclic) bond motifs is 1. The Hall–Kier alpha value is -2.77. The summed E-state index contributed by atoms with van der Waals surface area (Å²) >= 11 is 0. The number of quaternary nitrogens is 1. The molecule has 4 rings (SSSR count). The predicted molar refractivity (Wildman–Crippen MR) is 134 cm³/mol. The van der Waals surface area contributed by atoms with E-state index >= 15 is 0 Å². The van der Waals surface area contributed by atoms with E-state index in [4.69, 9.17) is 4.98 Å². The highest BCUT2D eigenvalue weighted by molar-refractivity contribution is 5.89. The van der Waals surface area contributed by atoms with Crippen molar-refractivity contribution in [3.8, 4) is 11.3 Å². The van der Waals surface area contributed by atoms with Crippen molar-refractivity contribution in [2.24, 2.45) is 0 Å². The number of nitrogens with zero attached hydrogens (tertiary/aromatic N) is 4. The van der Waals surface area contributed by atoms with Crippen LogP contribution >= 0.6 is 0 Å². The Labute approximate surface area is 202 Å². The molecule has 1 aromatic heterocycles.